The minimum Gasteiger partial charge on any atom is -0.379 e. The Kier molecular flexibility index (Phi) is 5.12. The summed E-state index contributed by atoms with van der Waals surface area (Å²) in [6.45, 7) is 2.29. The third-order valence-corrected chi connectivity index (χ3v) is 4.29. The number of amides is 1. The number of carbonyl (C=O) groups excluding carboxylic acids is 1. The number of aryl methyl sites for hydroxylation is 1. The van der Waals surface area contributed by atoms with E-state index in [0.717, 1.165) is 29.7 Å². The molecule has 5 heteroatoms. The van der Waals surface area contributed by atoms with Crippen molar-refractivity contribution in [3.63, 3.8) is 0 Å². The maximum absolute atomic E-state index is 12.9. The average Bonchev–Trinajstić information content (AvgIpc) is 3.04. The standard InChI is InChI=1S/C20H21FN2O2/c1-20(14-18(23-25-20)16-7-3-2-4-8-16)19(24)22-13-5-6-15-9-11-17(21)12-10-15/h2-4,7-12H,5-6,13-14H2,1H3,(H,22,24)/t20-/m0/s1. The number of hydrogen-bond donors (Lipinski definition) is 1. The zero-order valence-electron chi connectivity index (χ0n) is 14.2. The van der Waals surface area contributed by atoms with Gasteiger partial charge in [-0.25, -0.2) is 4.39 Å². The fourth-order valence-electron chi connectivity index (χ4n) is 2.78. The number of hydrogen-bond acceptors (Lipinski definition) is 3. The number of halogens is 1. The van der Waals surface area contributed by atoms with Crippen molar-refractivity contribution in [2.75, 3.05) is 6.54 Å². The number of rotatable bonds is 6. The van der Waals surface area contributed by atoms with Gasteiger partial charge in [0.2, 0.25) is 5.60 Å². The molecule has 1 heterocycles. The van der Waals surface area contributed by atoms with Crippen LogP contribution in [0.15, 0.2) is 59.8 Å². The van der Waals surface area contributed by atoms with Gasteiger partial charge in [0.1, 0.15) is 5.82 Å². The van der Waals surface area contributed by atoms with Gasteiger partial charge in [-0.2, -0.15) is 0 Å². The van der Waals surface area contributed by atoms with E-state index in [1.807, 2.05) is 30.3 Å². The first-order chi connectivity index (χ1) is 12.1. The lowest BCUT2D eigenvalue weighted by Crippen LogP contribution is -2.45. The fourth-order valence-corrected chi connectivity index (χ4v) is 2.78. The van der Waals surface area contributed by atoms with Crippen molar-refractivity contribution in [1.82, 2.24) is 5.32 Å². The Hall–Kier alpha value is -2.69. The molecule has 0 spiro atoms. The molecule has 2 aromatic carbocycles. The predicted octanol–water partition coefficient (Wildman–Crippen LogP) is 3.46. The summed E-state index contributed by atoms with van der Waals surface area (Å²) < 4.78 is 12.9. The molecule has 1 aliphatic heterocycles. The quantitative estimate of drug-likeness (QED) is 0.819. The first-order valence-electron chi connectivity index (χ1n) is 8.40. The Morgan fingerprint density at radius 3 is 2.64 bits per heavy atom. The van der Waals surface area contributed by atoms with Crippen molar-refractivity contribution in [3.8, 4) is 0 Å². The number of carbonyl (C=O) groups is 1. The topological polar surface area (TPSA) is 50.7 Å². The molecule has 130 valence electrons. The number of nitrogens with one attached hydrogen (secondary N) is 1. The second-order valence-corrected chi connectivity index (χ2v) is 6.39. The summed E-state index contributed by atoms with van der Waals surface area (Å²) in [6.07, 6.45) is 2.00. The first-order valence-corrected chi connectivity index (χ1v) is 8.40. The maximum atomic E-state index is 12.9. The van der Waals surface area contributed by atoms with Crippen LogP contribution in [0.4, 0.5) is 4.39 Å². The van der Waals surface area contributed by atoms with Gasteiger partial charge < -0.3 is 10.2 Å². The van der Waals surface area contributed by atoms with Gasteiger partial charge in [0.05, 0.1) is 5.71 Å². The lowest BCUT2D eigenvalue weighted by atomic mass is 9.95. The normalized spacial score (nSPS) is 19.2. The Labute approximate surface area is 146 Å². The van der Waals surface area contributed by atoms with Gasteiger partial charge in [-0.1, -0.05) is 47.6 Å². The van der Waals surface area contributed by atoms with Gasteiger partial charge in [-0.15, -0.1) is 0 Å². The summed E-state index contributed by atoms with van der Waals surface area (Å²) >= 11 is 0. The first kappa shape index (κ1) is 17.1. The van der Waals surface area contributed by atoms with Crippen LogP contribution in [0.3, 0.4) is 0 Å². The lowest BCUT2D eigenvalue weighted by molar-refractivity contribution is -0.141. The molecule has 25 heavy (non-hydrogen) atoms. The molecule has 0 fully saturated rings. The minimum absolute atomic E-state index is 0.165. The van der Waals surface area contributed by atoms with Crippen molar-refractivity contribution in [3.05, 3.63) is 71.5 Å². The van der Waals surface area contributed by atoms with E-state index in [2.05, 4.69) is 10.5 Å². The van der Waals surface area contributed by atoms with E-state index < -0.39 is 5.60 Å². The summed E-state index contributed by atoms with van der Waals surface area (Å²) in [5.74, 6) is -0.404. The zero-order chi connectivity index (χ0) is 17.7. The van der Waals surface area contributed by atoms with Crippen molar-refractivity contribution in [2.24, 2.45) is 5.16 Å². The third kappa shape index (κ3) is 4.24. The van der Waals surface area contributed by atoms with Gasteiger partial charge in [0, 0.05) is 13.0 Å². The van der Waals surface area contributed by atoms with Gasteiger partial charge in [-0.3, -0.25) is 4.79 Å². The molecule has 0 radical (unpaired) electrons. The van der Waals surface area contributed by atoms with Crippen molar-refractivity contribution >= 4 is 11.6 Å². The Morgan fingerprint density at radius 1 is 1.20 bits per heavy atom. The summed E-state index contributed by atoms with van der Waals surface area (Å²) in [7, 11) is 0. The third-order valence-electron chi connectivity index (χ3n) is 4.29. The van der Waals surface area contributed by atoms with Crippen LogP contribution in [-0.4, -0.2) is 23.8 Å². The largest absolute Gasteiger partial charge is 0.379 e. The van der Waals surface area contributed by atoms with Crippen LogP contribution < -0.4 is 5.32 Å². The van der Waals surface area contributed by atoms with Crippen LogP contribution in [0.1, 0.15) is 30.9 Å². The SMILES string of the molecule is C[C@@]1(C(=O)NCCCc2ccc(F)cc2)CC(c2ccccc2)=NO1. The molecule has 0 saturated carbocycles. The lowest BCUT2D eigenvalue weighted by Gasteiger charge is -2.20. The number of nitrogens with zero attached hydrogens (tertiary/aromatic N) is 1. The summed E-state index contributed by atoms with van der Waals surface area (Å²) in [4.78, 5) is 17.9. The van der Waals surface area contributed by atoms with Gasteiger partial charge in [-0.05, 0) is 43.0 Å². The summed E-state index contributed by atoms with van der Waals surface area (Å²) in [6, 6.07) is 16.1. The predicted molar refractivity (Wildman–Crippen MR) is 94.8 cm³/mol. The minimum atomic E-state index is -0.971. The van der Waals surface area contributed by atoms with E-state index in [4.69, 9.17) is 4.84 Å². The van der Waals surface area contributed by atoms with E-state index >= 15 is 0 Å². The molecule has 3 rings (SSSR count). The van der Waals surface area contributed by atoms with Gasteiger partial charge >= 0.3 is 0 Å². The van der Waals surface area contributed by atoms with E-state index in [1.165, 1.54) is 12.1 Å². The molecule has 4 nitrogen and oxygen atoms in total. The maximum Gasteiger partial charge on any atom is 0.267 e. The van der Waals surface area contributed by atoms with Crippen LogP contribution in [0, 0.1) is 5.82 Å². The van der Waals surface area contributed by atoms with Crippen LogP contribution in [-0.2, 0) is 16.1 Å². The summed E-state index contributed by atoms with van der Waals surface area (Å²) in [5, 5.41) is 6.99. The Balaban J connectivity index is 1.46. The van der Waals surface area contributed by atoms with Crippen molar-refractivity contribution in [1.29, 1.82) is 0 Å². The molecule has 1 atom stereocenters. The van der Waals surface area contributed by atoms with Crippen molar-refractivity contribution in [2.45, 2.75) is 31.8 Å². The molecule has 1 N–H and O–H groups in total. The highest BCUT2D eigenvalue weighted by Gasteiger charge is 2.41. The average molecular weight is 340 g/mol. The monoisotopic (exact) mass is 340 g/mol. The van der Waals surface area contributed by atoms with E-state index in [1.54, 1.807) is 19.1 Å². The molecular weight excluding hydrogens is 319 g/mol. The highest BCUT2D eigenvalue weighted by Crippen LogP contribution is 2.26. The van der Waals surface area contributed by atoms with Crippen LogP contribution in [0.25, 0.3) is 0 Å². The molecule has 1 amide bonds. The highest BCUT2D eigenvalue weighted by molar-refractivity contribution is 6.05. The molecule has 2 aromatic rings. The molecule has 0 aliphatic carbocycles. The van der Waals surface area contributed by atoms with E-state index in [-0.39, 0.29) is 11.7 Å². The molecular formula is C20H21FN2O2. The smallest absolute Gasteiger partial charge is 0.267 e. The fraction of sp³-hybridized carbons (Fsp3) is 0.300. The van der Waals surface area contributed by atoms with Crippen LogP contribution >= 0.6 is 0 Å². The van der Waals surface area contributed by atoms with E-state index in [0.29, 0.717) is 13.0 Å². The molecule has 0 unspecified atom stereocenters. The molecule has 0 saturated heterocycles. The van der Waals surface area contributed by atoms with Gasteiger partial charge in [0.15, 0.2) is 0 Å². The van der Waals surface area contributed by atoms with Gasteiger partial charge in [0.25, 0.3) is 5.91 Å². The van der Waals surface area contributed by atoms with E-state index in [9.17, 15) is 9.18 Å². The Bertz CT molecular complexity index is 759. The molecule has 0 bridgehead atoms. The highest BCUT2D eigenvalue weighted by atomic mass is 19.1. The van der Waals surface area contributed by atoms with Crippen LogP contribution in [0.2, 0.25) is 0 Å². The Morgan fingerprint density at radius 2 is 1.92 bits per heavy atom. The zero-order valence-corrected chi connectivity index (χ0v) is 14.2. The molecule has 0 aromatic heterocycles. The molecule has 1 aliphatic rings. The summed E-state index contributed by atoms with van der Waals surface area (Å²) in [5.41, 5.74) is 1.83. The number of oxime groups is 1. The second-order valence-electron chi connectivity index (χ2n) is 6.39. The number of benzene rings is 2. The van der Waals surface area contributed by atoms with Crippen LogP contribution in [0.5, 0.6) is 0 Å². The second kappa shape index (κ2) is 7.47. The van der Waals surface area contributed by atoms with Crippen molar-refractivity contribution < 1.29 is 14.0 Å².